The van der Waals surface area contributed by atoms with Crippen molar-refractivity contribution in [2.45, 2.75) is 4.90 Å². The molecule has 0 aliphatic heterocycles. The lowest BCUT2D eigenvalue weighted by atomic mass is 10.3. The normalized spacial score (nSPS) is 10.1. The van der Waals surface area contributed by atoms with Gasteiger partial charge in [-0.25, -0.2) is 9.78 Å². The van der Waals surface area contributed by atoms with Crippen molar-refractivity contribution in [2.75, 3.05) is 18.2 Å². The van der Waals surface area contributed by atoms with Crippen molar-refractivity contribution in [3.8, 4) is 0 Å². The number of carbonyl (C=O) groups is 2. The van der Waals surface area contributed by atoms with Crippen LogP contribution < -0.4 is 5.32 Å². The number of hydrogen-bond donors (Lipinski definition) is 1. The number of hydrogen-bond acceptors (Lipinski definition) is 5. The van der Waals surface area contributed by atoms with Gasteiger partial charge in [0, 0.05) is 16.1 Å². The fourth-order valence-corrected chi connectivity index (χ4v) is 2.37. The molecule has 22 heavy (non-hydrogen) atoms. The number of carbonyl (C=O) groups excluding carboxylic acids is 2. The monoisotopic (exact) mass is 336 g/mol. The third-order valence-corrected chi connectivity index (χ3v) is 3.68. The van der Waals surface area contributed by atoms with Gasteiger partial charge in [0.05, 0.1) is 5.69 Å². The first-order valence-corrected chi connectivity index (χ1v) is 7.92. The summed E-state index contributed by atoms with van der Waals surface area (Å²) in [6.07, 6.45) is 3.31. The first-order valence-electron chi connectivity index (χ1n) is 6.31. The fourth-order valence-electron chi connectivity index (χ4n) is 1.66. The van der Waals surface area contributed by atoms with Gasteiger partial charge in [0.1, 0.15) is 5.69 Å². The highest BCUT2D eigenvalue weighted by Gasteiger charge is 2.12. The van der Waals surface area contributed by atoms with Crippen LogP contribution in [0.1, 0.15) is 10.5 Å². The first-order chi connectivity index (χ1) is 10.6. The largest absolute Gasteiger partial charge is 0.451 e. The maximum absolute atomic E-state index is 11.8. The molecule has 0 spiro atoms. The zero-order chi connectivity index (χ0) is 15.9. The van der Waals surface area contributed by atoms with E-state index in [-0.39, 0.29) is 5.69 Å². The fraction of sp³-hybridized carbons (Fsp3) is 0.133. The molecule has 1 N–H and O–H groups in total. The third kappa shape index (κ3) is 4.47. The van der Waals surface area contributed by atoms with Gasteiger partial charge in [0.2, 0.25) is 0 Å². The van der Waals surface area contributed by atoms with Crippen molar-refractivity contribution >= 4 is 40.9 Å². The van der Waals surface area contributed by atoms with Crippen molar-refractivity contribution in [1.29, 1.82) is 0 Å². The number of anilines is 1. The highest BCUT2D eigenvalue weighted by Crippen LogP contribution is 2.24. The van der Waals surface area contributed by atoms with E-state index in [4.69, 9.17) is 16.3 Å². The number of esters is 1. The summed E-state index contributed by atoms with van der Waals surface area (Å²) in [6.45, 7) is -0.393. The zero-order valence-electron chi connectivity index (χ0n) is 11.7. The second-order valence-electron chi connectivity index (χ2n) is 4.18. The second-order valence-corrected chi connectivity index (χ2v) is 5.47. The highest BCUT2D eigenvalue weighted by atomic mass is 35.5. The van der Waals surface area contributed by atoms with E-state index in [0.29, 0.717) is 10.7 Å². The maximum atomic E-state index is 11.8. The predicted molar refractivity (Wildman–Crippen MR) is 86.4 cm³/mol. The smallest absolute Gasteiger partial charge is 0.357 e. The Hall–Kier alpha value is -2.05. The standard InChI is InChI=1S/C15H13ClN2O3S/c1-22-13-5-3-2-4-11(13)18-14(19)9-21-15(20)12-8-10(16)6-7-17-12/h2-8H,9H2,1H3,(H,18,19). The van der Waals surface area contributed by atoms with E-state index in [2.05, 4.69) is 10.3 Å². The van der Waals surface area contributed by atoms with Gasteiger partial charge < -0.3 is 10.1 Å². The van der Waals surface area contributed by atoms with Crippen LogP contribution in [0.25, 0.3) is 0 Å². The van der Waals surface area contributed by atoms with Gasteiger partial charge in [0.15, 0.2) is 6.61 Å². The van der Waals surface area contributed by atoms with Gasteiger partial charge in [-0.2, -0.15) is 0 Å². The van der Waals surface area contributed by atoms with Crippen LogP contribution >= 0.6 is 23.4 Å². The van der Waals surface area contributed by atoms with Crippen molar-refractivity contribution in [3.05, 3.63) is 53.3 Å². The Morgan fingerprint density at radius 2 is 2.09 bits per heavy atom. The molecule has 1 aromatic carbocycles. The molecule has 7 heteroatoms. The maximum Gasteiger partial charge on any atom is 0.357 e. The molecule has 0 unspecified atom stereocenters. The van der Waals surface area contributed by atoms with Crippen LogP contribution in [0.3, 0.4) is 0 Å². The van der Waals surface area contributed by atoms with E-state index in [1.54, 1.807) is 12.1 Å². The lowest BCUT2D eigenvalue weighted by molar-refractivity contribution is -0.119. The van der Waals surface area contributed by atoms with Crippen LogP contribution in [-0.4, -0.2) is 29.7 Å². The highest BCUT2D eigenvalue weighted by molar-refractivity contribution is 7.98. The van der Waals surface area contributed by atoms with Crippen LogP contribution in [-0.2, 0) is 9.53 Å². The molecule has 0 radical (unpaired) electrons. The summed E-state index contributed by atoms with van der Waals surface area (Å²) in [4.78, 5) is 28.4. The average molecular weight is 337 g/mol. The summed E-state index contributed by atoms with van der Waals surface area (Å²) in [6, 6.07) is 10.3. The Labute approximate surface area is 137 Å². The zero-order valence-corrected chi connectivity index (χ0v) is 13.3. The minimum atomic E-state index is -0.698. The number of para-hydroxylation sites is 1. The molecule has 0 saturated heterocycles. The number of aromatic nitrogens is 1. The molecule has 0 saturated carbocycles. The Kier molecular flexibility index (Phi) is 5.80. The van der Waals surface area contributed by atoms with Gasteiger partial charge in [-0.15, -0.1) is 11.8 Å². The molecule has 0 atom stereocenters. The number of rotatable bonds is 5. The summed E-state index contributed by atoms with van der Waals surface area (Å²) in [7, 11) is 0. The van der Waals surface area contributed by atoms with Crippen LogP contribution in [0.2, 0.25) is 5.02 Å². The Bertz CT molecular complexity index is 694. The number of ether oxygens (including phenoxy) is 1. The summed E-state index contributed by atoms with van der Waals surface area (Å²) < 4.78 is 4.91. The van der Waals surface area contributed by atoms with Gasteiger partial charge in [0.25, 0.3) is 5.91 Å². The minimum Gasteiger partial charge on any atom is -0.451 e. The molecule has 1 aromatic heterocycles. The van der Waals surface area contributed by atoms with Gasteiger partial charge in [-0.05, 0) is 30.5 Å². The topological polar surface area (TPSA) is 68.3 Å². The first kappa shape index (κ1) is 16.3. The van der Waals surface area contributed by atoms with Crippen LogP contribution in [0.5, 0.6) is 0 Å². The molecule has 0 aliphatic rings. The minimum absolute atomic E-state index is 0.0600. The molecule has 1 amide bonds. The van der Waals surface area contributed by atoms with Crippen molar-refractivity contribution in [1.82, 2.24) is 4.98 Å². The summed E-state index contributed by atoms with van der Waals surface area (Å²) in [5.74, 6) is -1.12. The molecule has 2 rings (SSSR count). The second kappa shape index (κ2) is 7.82. The summed E-state index contributed by atoms with van der Waals surface area (Å²) >= 11 is 7.28. The lowest BCUT2D eigenvalue weighted by Gasteiger charge is -2.09. The third-order valence-electron chi connectivity index (χ3n) is 2.65. The molecule has 0 aliphatic carbocycles. The van der Waals surface area contributed by atoms with E-state index in [9.17, 15) is 9.59 Å². The number of benzene rings is 1. The molecule has 114 valence electrons. The molecule has 2 aromatic rings. The molecular weight excluding hydrogens is 324 g/mol. The van der Waals surface area contributed by atoms with Crippen molar-refractivity contribution in [2.24, 2.45) is 0 Å². The summed E-state index contributed by atoms with van der Waals surface area (Å²) in [5.41, 5.74) is 0.738. The van der Waals surface area contributed by atoms with Gasteiger partial charge in [-0.3, -0.25) is 4.79 Å². The average Bonchev–Trinajstić information content (AvgIpc) is 2.53. The number of nitrogens with zero attached hydrogens (tertiary/aromatic N) is 1. The SMILES string of the molecule is CSc1ccccc1NC(=O)COC(=O)c1cc(Cl)ccn1. The summed E-state index contributed by atoms with van der Waals surface area (Å²) in [5, 5.41) is 3.07. The molecule has 5 nitrogen and oxygen atoms in total. The Balaban J connectivity index is 1.91. The van der Waals surface area contributed by atoms with E-state index < -0.39 is 18.5 Å². The van der Waals surface area contributed by atoms with E-state index in [1.165, 1.54) is 24.0 Å². The molecular formula is C15H13ClN2O3S. The van der Waals surface area contributed by atoms with Gasteiger partial charge >= 0.3 is 5.97 Å². The number of pyridine rings is 1. The van der Waals surface area contributed by atoms with Crippen LogP contribution in [0.15, 0.2) is 47.5 Å². The number of nitrogens with one attached hydrogen (secondary N) is 1. The number of amides is 1. The Morgan fingerprint density at radius 3 is 2.82 bits per heavy atom. The number of thioether (sulfide) groups is 1. The van der Waals surface area contributed by atoms with Crippen molar-refractivity contribution in [3.63, 3.8) is 0 Å². The van der Waals surface area contributed by atoms with Crippen LogP contribution in [0.4, 0.5) is 5.69 Å². The number of halogens is 1. The lowest BCUT2D eigenvalue weighted by Crippen LogP contribution is -2.21. The van der Waals surface area contributed by atoms with Crippen molar-refractivity contribution < 1.29 is 14.3 Å². The Morgan fingerprint density at radius 1 is 1.32 bits per heavy atom. The van der Waals surface area contributed by atoms with Gasteiger partial charge in [-0.1, -0.05) is 23.7 Å². The quantitative estimate of drug-likeness (QED) is 0.670. The van der Waals surface area contributed by atoms with E-state index in [0.717, 1.165) is 4.90 Å². The predicted octanol–water partition coefficient (Wildman–Crippen LogP) is 3.25. The van der Waals surface area contributed by atoms with Crippen LogP contribution in [0, 0.1) is 0 Å². The van der Waals surface area contributed by atoms with E-state index >= 15 is 0 Å². The molecule has 1 heterocycles. The van der Waals surface area contributed by atoms with E-state index in [1.807, 2.05) is 24.5 Å². The molecule has 0 fully saturated rings. The molecule has 0 bridgehead atoms.